The summed E-state index contributed by atoms with van der Waals surface area (Å²) in [5.41, 5.74) is 5.14. The Morgan fingerprint density at radius 2 is 2.14 bits per heavy atom. The van der Waals surface area contributed by atoms with Gasteiger partial charge in [0.25, 0.3) is 5.69 Å². The molecule has 0 aliphatic carbocycles. The molecule has 0 saturated carbocycles. The molecule has 1 amide bonds. The van der Waals surface area contributed by atoms with Crippen LogP contribution in [0.25, 0.3) is 0 Å². The first kappa shape index (κ1) is 17.8. The monoisotopic (exact) mass is 313 g/mol. The van der Waals surface area contributed by atoms with E-state index in [0.29, 0.717) is 0 Å². The summed E-state index contributed by atoms with van der Waals surface area (Å²) in [6.07, 6.45) is -0.466. The number of ether oxygens (including phenoxy) is 1. The van der Waals surface area contributed by atoms with Crippen LogP contribution in [0.5, 0.6) is 0 Å². The van der Waals surface area contributed by atoms with Gasteiger partial charge in [0.2, 0.25) is 0 Å². The second-order valence-electron chi connectivity index (χ2n) is 5.88. The van der Waals surface area contributed by atoms with Crippen molar-refractivity contribution < 1.29 is 18.8 Å². The van der Waals surface area contributed by atoms with Gasteiger partial charge in [-0.05, 0) is 38.8 Å². The number of alkyl carbamates (subject to hydrolysis) is 1. The van der Waals surface area contributed by atoms with E-state index in [1.807, 2.05) is 0 Å². The molecule has 1 aromatic carbocycles. The number of nitrogens with one attached hydrogen (secondary N) is 1. The lowest BCUT2D eigenvalue weighted by Crippen LogP contribution is -2.41. The predicted octanol–water partition coefficient (Wildman–Crippen LogP) is 2.13. The smallest absolute Gasteiger partial charge is 0.407 e. The number of rotatable bonds is 5. The van der Waals surface area contributed by atoms with Gasteiger partial charge >= 0.3 is 6.09 Å². The van der Waals surface area contributed by atoms with E-state index in [0.717, 1.165) is 6.07 Å². The average Bonchev–Trinajstić information content (AvgIpc) is 2.36. The van der Waals surface area contributed by atoms with Gasteiger partial charge in [0, 0.05) is 18.7 Å². The number of nitrogens with two attached hydrogens (primary N) is 1. The minimum Gasteiger partial charge on any atom is -0.444 e. The van der Waals surface area contributed by atoms with Crippen molar-refractivity contribution in [2.45, 2.75) is 38.8 Å². The standard InChI is InChI=1S/C14H20FN3O4/c1-14(2,3)22-13(19)17-8-10(16)6-9-4-5-11(18(20)21)7-12(9)15/h4-5,7,10H,6,8,16H2,1-3H3,(H,17,19). The van der Waals surface area contributed by atoms with Gasteiger partial charge in [-0.1, -0.05) is 0 Å². The van der Waals surface area contributed by atoms with Crippen LogP contribution in [-0.2, 0) is 11.2 Å². The van der Waals surface area contributed by atoms with Crippen LogP contribution in [0, 0.1) is 15.9 Å². The second kappa shape index (κ2) is 7.17. The lowest BCUT2D eigenvalue weighted by Gasteiger charge is -2.20. The second-order valence-corrected chi connectivity index (χ2v) is 5.88. The third-order valence-corrected chi connectivity index (χ3v) is 2.64. The normalized spacial score (nSPS) is 12.6. The number of amides is 1. The molecule has 1 unspecified atom stereocenters. The van der Waals surface area contributed by atoms with E-state index in [9.17, 15) is 19.3 Å². The Balaban J connectivity index is 2.53. The van der Waals surface area contributed by atoms with Gasteiger partial charge in [-0.2, -0.15) is 0 Å². The number of hydrogen-bond donors (Lipinski definition) is 2. The highest BCUT2D eigenvalue weighted by Gasteiger charge is 2.17. The maximum Gasteiger partial charge on any atom is 0.407 e. The molecule has 1 rings (SSSR count). The molecule has 3 N–H and O–H groups in total. The van der Waals surface area contributed by atoms with Crippen LogP contribution in [0.4, 0.5) is 14.9 Å². The highest BCUT2D eigenvalue weighted by atomic mass is 19.1. The van der Waals surface area contributed by atoms with E-state index < -0.39 is 28.5 Å². The third kappa shape index (κ3) is 6.04. The zero-order valence-electron chi connectivity index (χ0n) is 12.8. The number of halogens is 1. The fourth-order valence-electron chi connectivity index (χ4n) is 1.70. The molecule has 1 atom stereocenters. The van der Waals surface area contributed by atoms with Gasteiger partial charge in [-0.25, -0.2) is 9.18 Å². The molecule has 122 valence electrons. The zero-order valence-corrected chi connectivity index (χ0v) is 12.8. The Labute approximate surface area is 127 Å². The van der Waals surface area contributed by atoms with Crippen LogP contribution < -0.4 is 11.1 Å². The van der Waals surface area contributed by atoms with E-state index in [-0.39, 0.29) is 24.2 Å². The number of carbonyl (C=O) groups excluding carboxylic acids is 1. The van der Waals surface area contributed by atoms with Crippen molar-refractivity contribution in [3.8, 4) is 0 Å². The molecule has 8 heteroatoms. The van der Waals surface area contributed by atoms with Gasteiger partial charge in [0.15, 0.2) is 0 Å². The quantitative estimate of drug-likeness (QED) is 0.639. The molecule has 0 saturated heterocycles. The lowest BCUT2D eigenvalue weighted by atomic mass is 10.1. The summed E-state index contributed by atoms with van der Waals surface area (Å²) in [4.78, 5) is 21.3. The summed E-state index contributed by atoms with van der Waals surface area (Å²) < 4.78 is 18.8. The average molecular weight is 313 g/mol. The summed E-state index contributed by atoms with van der Waals surface area (Å²) in [7, 11) is 0. The zero-order chi connectivity index (χ0) is 16.9. The first-order chi connectivity index (χ1) is 10.1. The summed E-state index contributed by atoms with van der Waals surface area (Å²) >= 11 is 0. The third-order valence-electron chi connectivity index (χ3n) is 2.64. The van der Waals surface area contributed by atoms with Gasteiger partial charge in [-0.3, -0.25) is 10.1 Å². The number of nitro groups is 1. The molecule has 22 heavy (non-hydrogen) atoms. The molecular formula is C14H20FN3O4. The molecule has 0 aliphatic heterocycles. The van der Waals surface area contributed by atoms with E-state index in [1.54, 1.807) is 20.8 Å². The number of nitrogens with zero attached hydrogens (tertiary/aromatic N) is 1. The molecule has 7 nitrogen and oxygen atoms in total. The Morgan fingerprint density at radius 1 is 1.50 bits per heavy atom. The summed E-state index contributed by atoms with van der Waals surface area (Å²) in [5.74, 6) is -0.693. The molecule has 0 bridgehead atoms. The highest BCUT2D eigenvalue weighted by molar-refractivity contribution is 5.67. The van der Waals surface area contributed by atoms with E-state index in [2.05, 4.69) is 5.32 Å². The number of non-ortho nitro benzene ring substituents is 1. The summed E-state index contributed by atoms with van der Waals surface area (Å²) in [6.45, 7) is 5.31. The van der Waals surface area contributed by atoms with Gasteiger partial charge in [-0.15, -0.1) is 0 Å². The van der Waals surface area contributed by atoms with Crippen LogP contribution >= 0.6 is 0 Å². The van der Waals surface area contributed by atoms with Crippen LogP contribution in [0.15, 0.2) is 18.2 Å². The molecule has 0 aliphatic rings. The van der Waals surface area contributed by atoms with Gasteiger partial charge < -0.3 is 15.8 Å². The van der Waals surface area contributed by atoms with E-state index in [4.69, 9.17) is 10.5 Å². The first-order valence-corrected chi connectivity index (χ1v) is 6.74. The molecule has 0 spiro atoms. The van der Waals surface area contributed by atoms with E-state index >= 15 is 0 Å². The van der Waals surface area contributed by atoms with Crippen LogP contribution in [0.3, 0.4) is 0 Å². The predicted molar refractivity (Wildman–Crippen MR) is 79.0 cm³/mol. The van der Waals surface area contributed by atoms with Crippen molar-refractivity contribution in [1.82, 2.24) is 5.32 Å². The number of hydrogen-bond acceptors (Lipinski definition) is 5. The van der Waals surface area contributed by atoms with Crippen molar-refractivity contribution >= 4 is 11.8 Å². The SMILES string of the molecule is CC(C)(C)OC(=O)NCC(N)Cc1ccc([N+](=O)[O-])cc1F. The number of carbonyl (C=O) groups is 1. The van der Waals surface area contributed by atoms with Crippen LogP contribution in [0.1, 0.15) is 26.3 Å². The van der Waals surface area contributed by atoms with Crippen molar-refractivity contribution in [2.75, 3.05) is 6.54 Å². The lowest BCUT2D eigenvalue weighted by molar-refractivity contribution is -0.385. The number of nitro benzene ring substituents is 1. The Kier molecular flexibility index (Phi) is 5.81. The topological polar surface area (TPSA) is 107 Å². The molecule has 0 fully saturated rings. The van der Waals surface area contributed by atoms with Crippen LogP contribution in [-0.4, -0.2) is 29.2 Å². The minimum atomic E-state index is -0.693. The largest absolute Gasteiger partial charge is 0.444 e. The molecule has 0 aromatic heterocycles. The minimum absolute atomic E-state index is 0.103. The number of benzene rings is 1. The van der Waals surface area contributed by atoms with Crippen molar-refractivity contribution in [2.24, 2.45) is 5.73 Å². The van der Waals surface area contributed by atoms with E-state index in [1.165, 1.54) is 12.1 Å². The molecule has 0 radical (unpaired) electrons. The first-order valence-electron chi connectivity index (χ1n) is 6.74. The molecule has 0 heterocycles. The van der Waals surface area contributed by atoms with Gasteiger partial charge in [0.05, 0.1) is 11.0 Å². The summed E-state index contributed by atoms with van der Waals surface area (Å²) in [6, 6.07) is 2.85. The van der Waals surface area contributed by atoms with Crippen LogP contribution in [0.2, 0.25) is 0 Å². The maximum atomic E-state index is 13.7. The Bertz CT molecular complexity index is 558. The van der Waals surface area contributed by atoms with Crippen molar-refractivity contribution in [1.29, 1.82) is 0 Å². The Morgan fingerprint density at radius 3 is 2.64 bits per heavy atom. The van der Waals surface area contributed by atoms with Crippen molar-refractivity contribution in [3.05, 3.63) is 39.7 Å². The fourth-order valence-corrected chi connectivity index (χ4v) is 1.70. The Hall–Kier alpha value is -2.22. The van der Waals surface area contributed by atoms with Crippen molar-refractivity contribution in [3.63, 3.8) is 0 Å². The molecule has 1 aromatic rings. The fraction of sp³-hybridized carbons (Fsp3) is 0.500. The summed E-state index contributed by atoms with van der Waals surface area (Å²) in [5, 5.41) is 13.0. The highest BCUT2D eigenvalue weighted by Crippen LogP contribution is 2.17. The maximum absolute atomic E-state index is 13.7. The van der Waals surface area contributed by atoms with Gasteiger partial charge in [0.1, 0.15) is 11.4 Å². The molecular weight excluding hydrogens is 293 g/mol.